The van der Waals surface area contributed by atoms with Crippen LogP contribution in [0.15, 0.2) is 53.7 Å². The number of hydrogen-bond donors (Lipinski definition) is 2. The molecule has 2 atom stereocenters. The molecule has 3 N–H and O–H groups in total. The third-order valence-corrected chi connectivity index (χ3v) is 5.00. The molecule has 2 unspecified atom stereocenters. The van der Waals surface area contributed by atoms with Gasteiger partial charge in [-0.3, -0.25) is 9.89 Å². The van der Waals surface area contributed by atoms with Gasteiger partial charge in [0.05, 0.1) is 5.56 Å². The summed E-state index contributed by atoms with van der Waals surface area (Å²) >= 11 is 0. The molecule has 2 heterocycles. The molecular formula is C20H25F3IN5. The van der Waals surface area contributed by atoms with Gasteiger partial charge in [-0.15, -0.1) is 24.0 Å². The first-order chi connectivity index (χ1) is 13.3. The van der Waals surface area contributed by atoms with Gasteiger partial charge in [0.15, 0.2) is 5.96 Å². The molecule has 158 valence electrons. The number of alkyl halides is 3. The van der Waals surface area contributed by atoms with E-state index in [0.29, 0.717) is 12.4 Å². The number of pyridine rings is 1. The molecule has 0 saturated carbocycles. The second-order valence-electron chi connectivity index (χ2n) is 7.01. The highest BCUT2D eigenvalue weighted by Gasteiger charge is 2.33. The molecule has 1 aliphatic heterocycles. The molecule has 1 aliphatic rings. The summed E-state index contributed by atoms with van der Waals surface area (Å²) in [4.78, 5) is 10.8. The predicted molar refractivity (Wildman–Crippen MR) is 119 cm³/mol. The summed E-state index contributed by atoms with van der Waals surface area (Å²) in [7, 11) is 1.99. The van der Waals surface area contributed by atoms with Crippen LogP contribution >= 0.6 is 24.0 Å². The van der Waals surface area contributed by atoms with Crippen molar-refractivity contribution >= 4 is 35.8 Å². The van der Waals surface area contributed by atoms with Crippen molar-refractivity contribution in [1.29, 1.82) is 0 Å². The lowest BCUT2D eigenvalue weighted by molar-refractivity contribution is -0.137. The number of nitrogens with one attached hydrogen (secondary N) is 1. The quantitative estimate of drug-likeness (QED) is 0.354. The molecular weight excluding hydrogens is 494 g/mol. The van der Waals surface area contributed by atoms with Gasteiger partial charge in [-0.05, 0) is 62.2 Å². The fraction of sp³-hybridized carbons (Fsp3) is 0.400. The standard InChI is InChI=1S/C20H24F3N5.HI/c1-28-12-4-5-15(13-26-19(24)27-17-6-2-3-11-25-17)18(28)14-7-9-16(10-8-14)20(21,22)23;/h2-3,6-11,15,18H,4-5,12-13H2,1H3,(H3,24,25,26,27);1H. The largest absolute Gasteiger partial charge is 0.416 e. The third kappa shape index (κ3) is 6.30. The van der Waals surface area contributed by atoms with Crippen LogP contribution in [-0.2, 0) is 6.18 Å². The number of nitrogens with zero attached hydrogens (tertiary/aromatic N) is 3. The first-order valence-electron chi connectivity index (χ1n) is 9.20. The molecule has 9 heteroatoms. The molecule has 0 amide bonds. The Morgan fingerprint density at radius 1 is 1.24 bits per heavy atom. The molecule has 29 heavy (non-hydrogen) atoms. The van der Waals surface area contributed by atoms with E-state index in [2.05, 4.69) is 20.2 Å². The number of aromatic nitrogens is 1. The fourth-order valence-corrected chi connectivity index (χ4v) is 3.67. The van der Waals surface area contributed by atoms with Crippen LogP contribution in [0.4, 0.5) is 19.0 Å². The van der Waals surface area contributed by atoms with E-state index in [1.165, 1.54) is 0 Å². The normalized spacial score (nSPS) is 20.8. The summed E-state index contributed by atoms with van der Waals surface area (Å²) in [6.45, 7) is 1.38. The van der Waals surface area contributed by atoms with Gasteiger partial charge in [-0.25, -0.2) is 4.98 Å². The van der Waals surface area contributed by atoms with Gasteiger partial charge in [-0.2, -0.15) is 13.2 Å². The minimum atomic E-state index is -4.33. The molecule has 0 bridgehead atoms. The number of benzene rings is 1. The highest BCUT2D eigenvalue weighted by Crippen LogP contribution is 2.37. The van der Waals surface area contributed by atoms with E-state index in [4.69, 9.17) is 5.73 Å². The number of anilines is 1. The Bertz CT molecular complexity index is 796. The highest BCUT2D eigenvalue weighted by atomic mass is 127. The van der Waals surface area contributed by atoms with Crippen LogP contribution in [0.1, 0.15) is 30.0 Å². The average Bonchev–Trinajstić information content (AvgIpc) is 2.67. The first kappa shape index (κ1) is 23.4. The topological polar surface area (TPSA) is 66.5 Å². The van der Waals surface area contributed by atoms with E-state index in [1.807, 2.05) is 19.2 Å². The number of nitrogens with two attached hydrogens (primary N) is 1. The van der Waals surface area contributed by atoms with E-state index < -0.39 is 11.7 Å². The number of aliphatic imine (C=N–C) groups is 1. The molecule has 5 nitrogen and oxygen atoms in total. The van der Waals surface area contributed by atoms with E-state index in [0.717, 1.165) is 37.1 Å². The minimum absolute atomic E-state index is 0. The van der Waals surface area contributed by atoms with Crippen molar-refractivity contribution in [3.8, 4) is 0 Å². The van der Waals surface area contributed by atoms with Gasteiger partial charge in [0.2, 0.25) is 0 Å². The Morgan fingerprint density at radius 2 is 1.97 bits per heavy atom. The Kier molecular flexibility index (Phi) is 8.26. The number of likely N-dealkylation sites (tertiary alicyclic amines) is 1. The predicted octanol–water partition coefficient (Wildman–Crippen LogP) is 4.53. The Balaban J connectivity index is 0.00000300. The smallest absolute Gasteiger partial charge is 0.370 e. The van der Waals surface area contributed by atoms with Crippen molar-refractivity contribution in [2.45, 2.75) is 25.1 Å². The van der Waals surface area contributed by atoms with Crippen molar-refractivity contribution in [2.75, 3.05) is 25.5 Å². The van der Waals surface area contributed by atoms with Crippen LogP contribution in [0.5, 0.6) is 0 Å². The lowest BCUT2D eigenvalue weighted by Gasteiger charge is -2.39. The van der Waals surface area contributed by atoms with Crippen LogP contribution in [0.2, 0.25) is 0 Å². The molecule has 0 aliphatic carbocycles. The zero-order valence-electron chi connectivity index (χ0n) is 16.1. The summed E-state index contributed by atoms with van der Waals surface area (Å²) in [5.74, 6) is 1.06. The van der Waals surface area contributed by atoms with Gasteiger partial charge in [0.25, 0.3) is 0 Å². The van der Waals surface area contributed by atoms with E-state index in [-0.39, 0.29) is 41.9 Å². The maximum Gasteiger partial charge on any atom is 0.416 e. The molecule has 0 spiro atoms. The van der Waals surface area contributed by atoms with Crippen molar-refractivity contribution in [3.63, 3.8) is 0 Å². The van der Waals surface area contributed by atoms with Crippen molar-refractivity contribution in [2.24, 2.45) is 16.6 Å². The van der Waals surface area contributed by atoms with Crippen molar-refractivity contribution < 1.29 is 13.2 Å². The van der Waals surface area contributed by atoms with Gasteiger partial charge in [0, 0.05) is 18.8 Å². The summed E-state index contributed by atoms with van der Waals surface area (Å²) in [5, 5.41) is 2.95. The van der Waals surface area contributed by atoms with Crippen LogP contribution < -0.4 is 11.1 Å². The number of halogens is 4. The maximum atomic E-state index is 12.8. The second kappa shape index (κ2) is 10.2. The van der Waals surface area contributed by atoms with E-state index in [1.54, 1.807) is 24.4 Å². The average molecular weight is 519 g/mol. The van der Waals surface area contributed by atoms with Gasteiger partial charge in [-0.1, -0.05) is 18.2 Å². The van der Waals surface area contributed by atoms with E-state index >= 15 is 0 Å². The zero-order valence-corrected chi connectivity index (χ0v) is 18.4. The van der Waals surface area contributed by atoms with Gasteiger partial charge >= 0.3 is 6.18 Å². The molecule has 1 saturated heterocycles. The van der Waals surface area contributed by atoms with Crippen molar-refractivity contribution in [1.82, 2.24) is 9.88 Å². The van der Waals surface area contributed by atoms with Crippen LogP contribution in [0.25, 0.3) is 0 Å². The first-order valence-corrected chi connectivity index (χ1v) is 9.20. The van der Waals surface area contributed by atoms with E-state index in [9.17, 15) is 13.2 Å². The molecule has 1 fully saturated rings. The monoisotopic (exact) mass is 519 g/mol. The fourth-order valence-electron chi connectivity index (χ4n) is 3.67. The number of rotatable bonds is 4. The SMILES string of the molecule is CN1CCCC(CN=C(N)Nc2ccccn2)C1c1ccc(C(F)(F)F)cc1.I. The second-order valence-corrected chi connectivity index (χ2v) is 7.01. The van der Waals surface area contributed by atoms with Gasteiger partial charge < -0.3 is 11.1 Å². The summed E-state index contributed by atoms with van der Waals surface area (Å²) in [6.07, 6.45) is -0.712. The van der Waals surface area contributed by atoms with Crippen LogP contribution in [-0.4, -0.2) is 36.0 Å². The summed E-state index contributed by atoms with van der Waals surface area (Å²) < 4.78 is 38.5. The number of guanidine groups is 1. The Labute approximate surface area is 185 Å². The Morgan fingerprint density at radius 3 is 2.59 bits per heavy atom. The molecule has 2 aromatic rings. The summed E-state index contributed by atoms with van der Waals surface area (Å²) in [5.41, 5.74) is 6.21. The molecule has 1 aromatic heterocycles. The van der Waals surface area contributed by atoms with Crippen molar-refractivity contribution in [3.05, 3.63) is 59.8 Å². The molecule has 1 aromatic carbocycles. The highest BCUT2D eigenvalue weighted by molar-refractivity contribution is 14.0. The zero-order chi connectivity index (χ0) is 20.1. The molecule has 0 radical (unpaired) electrons. The minimum Gasteiger partial charge on any atom is -0.370 e. The van der Waals surface area contributed by atoms with Crippen LogP contribution in [0, 0.1) is 5.92 Å². The molecule has 3 rings (SSSR count). The number of piperidine rings is 1. The maximum absolute atomic E-state index is 12.8. The van der Waals surface area contributed by atoms with Crippen LogP contribution in [0.3, 0.4) is 0 Å². The summed E-state index contributed by atoms with van der Waals surface area (Å²) in [6, 6.07) is 10.9. The number of hydrogen-bond acceptors (Lipinski definition) is 3. The Hall–Kier alpha value is -1.88. The van der Waals surface area contributed by atoms with Gasteiger partial charge in [0.1, 0.15) is 5.82 Å². The lowest BCUT2D eigenvalue weighted by atomic mass is 9.84. The third-order valence-electron chi connectivity index (χ3n) is 5.00. The lowest BCUT2D eigenvalue weighted by Crippen LogP contribution is -2.38.